The molecule has 26 nitrogen and oxygen atoms in total. The van der Waals surface area contributed by atoms with Crippen LogP contribution in [0.25, 0.3) is 73.5 Å². The molecular formula is C106H77BBr4Cl9N17O9S. The number of nitrogens with zero attached hydrogens (tertiary/aromatic N) is 14. The SMILES string of the molecule is CC1(C)OB(c2ccc(-c3nc4c(ncn4-c4cccc(C#N)c4)c(=O)n3-c3ccc(Cl)cc3)cc2)OC1(C)C.CCOC(=O)c1ncn(-c2cccc(C#N)c2)c1N.ClC(=Nc1ccc(Cl)cc1)c1ccc(Br)cc1.N#Cc1cccc(-n2cnc3c(=O)n(-c4ccc(Cl)cc4)c(-c4ccc(Br)cc4)nc32)c1.Nc1ccc(Cl)cc1.O=C(Cl)c1ccc(Br)cc1.O=C(Nc1ccc(Cl)cc1)c1ccc(Br)cc1.O=S(Cl)Cl. The fourth-order valence-corrected chi connectivity index (χ4v) is 15.5. The number of carbonyl (C=O) groups is 3. The van der Waals surface area contributed by atoms with E-state index in [1.54, 1.807) is 235 Å². The van der Waals surface area contributed by atoms with Crippen molar-refractivity contribution < 1.29 is 32.6 Å². The number of amides is 1. The topological polar surface area (TPSA) is 367 Å². The maximum atomic E-state index is 13.9. The number of aromatic nitrogens is 10. The molecule has 13 aromatic carbocycles. The van der Waals surface area contributed by atoms with Gasteiger partial charge in [-0.05, 0) is 300 Å². The Morgan fingerprint density at radius 3 is 1.19 bits per heavy atom. The highest BCUT2D eigenvalue weighted by molar-refractivity contribution is 9.11. The van der Waals surface area contributed by atoms with E-state index in [1.165, 1.54) is 20.0 Å². The largest absolute Gasteiger partial charge is 0.494 e. The van der Waals surface area contributed by atoms with Crippen LogP contribution in [0.2, 0.25) is 25.1 Å². The van der Waals surface area contributed by atoms with Crippen molar-refractivity contribution in [2.24, 2.45) is 4.99 Å². The number of nitrogen functional groups attached to an aromatic ring is 2. The lowest BCUT2D eigenvalue weighted by Gasteiger charge is -2.32. The predicted molar refractivity (Wildman–Crippen MR) is 603 cm³/mol. The number of hydrogen-bond acceptors (Lipinski definition) is 20. The molecule has 0 aliphatic carbocycles. The third-order valence-corrected chi connectivity index (χ3v) is 25.3. The van der Waals surface area contributed by atoms with E-state index >= 15 is 0 Å². The number of carbonyl (C=O) groups excluding carboxylic acids is 3. The molecule has 41 heteroatoms. The maximum Gasteiger partial charge on any atom is 0.494 e. The molecule has 1 fully saturated rings. The molecule has 740 valence electrons. The Morgan fingerprint density at radius 1 is 0.463 bits per heavy atom. The average molecular weight is 2410 g/mol. The molecule has 18 aromatic rings. The zero-order valence-corrected chi connectivity index (χ0v) is 91.4. The van der Waals surface area contributed by atoms with Crippen LogP contribution < -0.4 is 33.4 Å². The first-order valence-corrected chi connectivity index (χ1v) is 52.0. The van der Waals surface area contributed by atoms with Crippen LogP contribution in [-0.4, -0.2) is 99.2 Å². The van der Waals surface area contributed by atoms with Gasteiger partial charge in [-0.1, -0.05) is 200 Å². The first-order valence-electron chi connectivity index (χ1n) is 43.4. The molecule has 1 saturated heterocycles. The van der Waals surface area contributed by atoms with Crippen LogP contribution >= 0.6 is 166 Å². The highest BCUT2D eigenvalue weighted by Crippen LogP contribution is 2.38. The van der Waals surface area contributed by atoms with E-state index in [2.05, 4.69) is 122 Å². The normalized spacial score (nSPS) is 11.8. The van der Waals surface area contributed by atoms with Gasteiger partial charge in [0, 0.05) is 121 Å². The van der Waals surface area contributed by atoms with Crippen LogP contribution in [-0.2, 0) is 23.3 Å². The number of nitrogens with one attached hydrogen (secondary N) is 1. The molecule has 0 saturated carbocycles. The lowest BCUT2D eigenvalue weighted by Crippen LogP contribution is -2.41. The predicted octanol–water partition coefficient (Wildman–Crippen LogP) is 27.7. The van der Waals surface area contributed by atoms with Gasteiger partial charge in [-0.3, -0.25) is 42.0 Å². The molecule has 0 spiro atoms. The molecule has 19 rings (SSSR count). The third kappa shape index (κ3) is 30.7. The summed E-state index contributed by atoms with van der Waals surface area (Å²) in [7, 11) is 6.85. The monoisotopic (exact) mass is 2400 g/mol. The number of rotatable bonds is 15. The number of benzene rings is 13. The molecule has 1 amide bonds. The van der Waals surface area contributed by atoms with Gasteiger partial charge in [-0.25, -0.2) is 38.9 Å². The summed E-state index contributed by atoms with van der Waals surface area (Å²) in [6.07, 6.45) is 4.53. The first kappa shape index (κ1) is 113. The number of imidazole rings is 3. The number of halogens is 13. The summed E-state index contributed by atoms with van der Waals surface area (Å²) in [4.78, 5) is 88.3. The Balaban J connectivity index is 0.000000160. The number of esters is 1. The first-order chi connectivity index (χ1) is 70.3. The number of ether oxygens (including phenoxy) is 1. The van der Waals surface area contributed by atoms with E-state index in [-0.39, 0.29) is 46.2 Å². The number of nitriles is 3. The summed E-state index contributed by atoms with van der Waals surface area (Å²) >= 11 is 54.0. The van der Waals surface area contributed by atoms with Gasteiger partial charge in [0.15, 0.2) is 28.0 Å². The van der Waals surface area contributed by atoms with Gasteiger partial charge in [0.2, 0.25) is 9.23 Å². The van der Waals surface area contributed by atoms with Crippen LogP contribution in [0.15, 0.2) is 367 Å². The van der Waals surface area contributed by atoms with Crippen LogP contribution in [0, 0.1) is 34.0 Å². The summed E-state index contributed by atoms with van der Waals surface area (Å²) in [6.45, 7) is 10.0. The van der Waals surface area contributed by atoms with Gasteiger partial charge in [0.1, 0.15) is 41.6 Å². The zero-order chi connectivity index (χ0) is 106. The highest BCUT2D eigenvalue weighted by atomic mass is 79.9. The van der Waals surface area contributed by atoms with Gasteiger partial charge in [-0.15, -0.1) is 0 Å². The molecule has 1 aliphatic heterocycles. The second-order valence-corrected chi connectivity index (χ2v) is 40.9. The number of hydrogen-bond donors (Lipinski definition) is 3. The molecule has 5 N–H and O–H groups in total. The average Bonchev–Trinajstić information content (AvgIpc) is 1.70. The minimum Gasteiger partial charge on any atom is -0.461 e. The van der Waals surface area contributed by atoms with E-state index in [9.17, 15) is 34.5 Å². The third-order valence-electron chi connectivity index (χ3n) is 21.4. The van der Waals surface area contributed by atoms with E-state index in [4.69, 9.17) is 126 Å². The van der Waals surface area contributed by atoms with Crippen molar-refractivity contribution in [3.63, 3.8) is 0 Å². The van der Waals surface area contributed by atoms with E-state index < -0.39 is 38.8 Å². The highest BCUT2D eigenvalue weighted by Gasteiger charge is 2.52. The molecule has 0 radical (unpaired) electrons. The summed E-state index contributed by atoms with van der Waals surface area (Å²) in [5, 5.41) is 33.5. The molecule has 5 aromatic heterocycles. The van der Waals surface area contributed by atoms with Crippen molar-refractivity contribution in [1.29, 1.82) is 15.8 Å². The zero-order valence-electron chi connectivity index (χ0n) is 77.5. The lowest BCUT2D eigenvalue weighted by atomic mass is 9.79. The number of nitrogens with two attached hydrogens (primary N) is 2. The molecule has 0 bridgehead atoms. The van der Waals surface area contributed by atoms with Gasteiger partial charge < -0.3 is 30.8 Å². The Bertz CT molecular complexity index is 8030. The summed E-state index contributed by atoms with van der Waals surface area (Å²) in [6, 6.07) is 99.5. The van der Waals surface area contributed by atoms with Crippen LogP contribution in [0.3, 0.4) is 0 Å². The number of fused-ring (bicyclic) bond motifs is 2. The minimum atomic E-state index is -1.67. The van der Waals surface area contributed by atoms with Gasteiger partial charge >= 0.3 is 13.1 Å². The standard InChI is InChI=1S/C30H25BClN5O3.C24H13BrClN5O.C13H8BrCl2N.C13H9BrClNO.C13H12N4O2.C7H4BrClO.C6H6ClN.Cl2OS/c1-29(2)30(3,4)40-31(39-29)21-10-8-20(9-11-21)26-35-27-25(28(38)37(26)23-14-12-22(32)13-15-23)34-18-36(27)24-7-5-6-19(16-24)17-33;25-17-6-4-16(5-7-17)22-29-23-21(24(32)31(22)19-10-8-18(26)9-11-19)28-14-30(23)20-3-1-2-15(12-20)13-27;14-10-3-1-9(2-4-10)13(16)17-12-7-5-11(15)6-8-12;14-10-3-1-9(2-4-10)13(17)16-12-7-5-11(15)6-8-12;1-2-19-13(18)11-12(15)17(8-16-11)10-5-3-4-9(6-10)7-14;8-6-3-1-5(2-4-6)7(9)10;7-5-1-3-6(8)4-2-5;1-4(2)3/h5-16,18H,1-4H3;1-12,14H;1-8H;1-8H,(H,16,17);3-6,8H,2,15H2,1H3;1-4H;1-4H,8H2;. The Kier molecular flexibility index (Phi) is 40.5. The van der Waals surface area contributed by atoms with Gasteiger partial charge in [0.25, 0.3) is 22.3 Å². The van der Waals surface area contributed by atoms with Crippen molar-refractivity contribution >= 4 is 256 Å². The Morgan fingerprint density at radius 2 is 0.810 bits per heavy atom. The van der Waals surface area contributed by atoms with Crippen molar-refractivity contribution in [3.8, 4) is 69.4 Å². The van der Waals surface area contributed by atoms with E-state index in [1.807, 2.05) is 143 Å². The molecule has 1 aliphatic rings. The number of aliphatic imine (C=N–C) groups is 1. The lowest BCUT2D eigenvalue weighted by molar-refractivity contribution is 0.00578. The fourth-order valence-electron chi connectivity index (χ4n) is 13.5. The summed E-state index contributed by atoms with van der Waals surface area (Å²) in [5.74, 6) is 0.387. The maximum absolute atomic E-state index is 13.9. The van der Waals surface area contributed by atoms with Crippen molar-refractivity contribution in [2.75, 3.05) is 23.4 Å². The molecule has 147 heavy (non-hydrogen) atoms. The quantitative estimate of drug-likeness (QED) is 0.0282. The second-order valence-electron chi connectivity index (χ2n) is 31.8. The van der Waals surface area contributed by atoms with Gasteiger partial charge in [-0.2, -0.15) is 15.8 Å². The molecular weight excluding hydrogens is 2340 g/mol. The molecule has 0 unspecified atom stereocenters. The molecule has 6 heterocycles. The van der Waals surface area contributed by atoms with Crippen molar-refractivity contribution in [3.05, 3.63) is 437 Å². The van der Waals surface area contributed by atoms with Gasteiger partial charge in [0.05, 0.1) is 69.8 Å². The minimum absolute atomic E-state index is 0.0733. The van der Waals surface area contributed by atoms with Crippen LogP contribution in [0.5, 0.6) is 0 Å². The fraction of sp³-hybridized carbons (Fsp3) is 0.0755. The summed E-state index contributed by atoms with van der Waals surface area (Å²) in [5.41, 5.74) is 22.4. The van der Waals surface area contributed by atoms with Crippen molar-refractivity contribution in [2.45, 2.75) is 45.8 Å². The smallest absolute Gasteiger partial charge is 0.461 e. The van der Waals surface area contributed by atoms with E-state index in [0.29, 0.717) is 110 Å². The van der Waals surface area contributed by atoms with E-state index in [0.717, 1.165) is 56.6 Å². The Labute approximate surface area is 923 Å². The molecule has 0 atom stereocenters. The summed E-state index contributed by atoms with van der Waals surface area (Å²) < 4.78 is 38.2. The van der Waals surface area contributed by atoms with Crippen molar-refractivity contribution in [1.82, 2.24) is 47.8 Å². The van der Waals surface area contributed by atoms with Crippen LogP contribution in [0.4, 0.5) is 22.9 Å². The second kappa shape index (κ2) is 52.9. The van der Waals surface area contributed by atoms with Crippen LogP contribution in [0.1, 0.15) is 88.1 Å². The number of anilines is 3. The Hall–Kier alpha value is -13.2.